The van der Waals surface area contributed by atoms with Crippen LogP contribution >= 0.6 is 0 Å². The molecule has 2 aromatic heterocycles. The van der Waals surface area contributed by atoms with E-state index in [0.29, 0.717) is 17.9 Å². The van der Waals surface area contributed by atoms with Gasteiger partial charge in [-0.3, -0.25) is 4.98 Å². The average molecular weight is 311 g/mol. The third-order valence-corrected chi connectivity index (χ3v) is 3.22. The standard InChI is InChI=1S/C17H14FN3O2/c18-14-4-3-13(16-2-1-9-23-16)10-15(14)21-17(22)20-11-12-5-7-19-8-6-12/h1-10H,11H2,(H2,20,21,22). The van der Waals surface area contributed by atoms with E-state index in [1.54, 1.807) is 42.7 Å². The molecule has 116 valence electrons. The topological polar surface area (TPSA) is 67.2 Å². The molecule has 0 unspecified atom stereocenters. The summed E-state index contributed by atoms with van der Waals surface area (Å²) in [6.07, 6.45) is 4.82. The van der Waals surface area contributed by atoms with Crippen molar-refractivity contribution in [2.24, 2.45) is 0 Å². The molecule has 2 amide bonds. The van der Waals surface area contributed by atoms with E-state index in [0.717, 1.165) is 5.56 Å². The van der Waals surface area contributed by atoms with Crippen LogP contribution < -0.4 is 10.6 Å². The van der Waals surface area contributed by atoms with Crippen LogP contribution in [-0.2, 0) is 6.54 Å². The molecule has 0 saturated carbocycles. The molecule has 2 heterocycles. The summed E-state index contributed by atoms with van der Waals surface area (Å²) in [7, 11) is 0. The number of nitrogens with one attached hydrogen (secondary N) is 2. The highest BCUT2D eigenvalue weighted by Crippen LogP contribution is 2.25. The van der Waals surface area contributed by atoms with Crippen LogP contribution in [0.4, 0.5) is 14.9 Å². The fourth-order valence-electron chi connectivity index (χ4n) is 2.07. The molecule has 0 radical (unpaired) electrons. The minimum absolute atomic E-state index is 0.0890. The predicted molar refractivity (Wildman–Crippen MR) is 84.2 cm³/mol. The third kappa shape index (κ3) is 3.74. The molecule has 3 aromatic rings. The van der Waals surface area contributed by atoms with Crippen molar-refractivity contribution in [2.45, 2.75) is 6.54 Å². The van der Waals surface area contributed by atoms with Crippen molar-refractivity contribution in [3.63, 3.8) is 0 Å². The summed E-state index contributed by atoms with van der Waals surface area (Å²) in [6, 6.07) is 11.0. The number of amides is 2. The van der Waals surface area contributed by atoms with E-state index in [2.05, 4.69) is 15.6 Å². The zero-order valence-corrected chi connectivity index (χ0v) is 12.1. The van der Waals surface area contributed by atoms with Crippen molar-refractivity contribution >= 4 is 11.7 Å². The summed E-state index contributed by atoms with van der Waals surface area (Å²) >= 11 is 0. The fourth-order valence-corrected chi connectivity index (χ4v) is 2.07. The molecule has 2 N–H and O–H groups in total. The van der Waals surface area contributed by atoms with Gasteiger partial charge < -0.3 is 15.1 Å². The maximum atomic E-state index is 13.9. The minimum atomic E-state index is -0.514. The molecular formula is C17H14FN3O2. The van der Waals surface area contributed by atoms with Gasteiger partial charge in [0.2, 0.25) is 0 Å². The van der Waals surface area contributed by atoms with Gasteiger partial charge in [-0.05, 0) is 48.0 Å². The van der Waals surface area contributed by atoms with Crippen molar-refractivity contribution in [1.82, 2.24) is 10.3 Å². The Morgan fingerprint density at radius 2 is 2.00 bits per heavy atom. The highest BCUT2D eigenvalue weighted by atomic mass is 19.1. The quantitative estimate of drug-likeness (QED) is 0.770. The lowest BCUT2D eigenvalue weighted by Gasteiger charge is -2.09. The van der Waals surface area contributed by atoms with Gasteiger partial charge in [0.25, 0.3) is 0 Å². The summed E-state index contributed by atoms with van der Waals surface area (Å²) in [5.41, 5.74) is 1.67. The molecule has 0 fully saturated rings. The van der Waals surface area contributed by atoms with Gasteiger partial charge in [-0.15, -0.1) is 0 Å². The number of aromatic nitrogens is 1. The molecule has 0 spiro atoms. The fraction of sp³-hybridized carbons (Fsp3) is 0.0588. The van der Waals surface area contributed by atoms with E-state index in [4.69, 9.17) is 4.42 Å². The smallest absolute Gasteiger partial charge is 0.319 e. The Hall–Kier alpha value is -3.15. The summed E-state index contributed by atoms with van der Waals surface area (Å²) in [6.45, 7) is 0.327. The van der Waals surface area contributed by atoms with E-state index in [-0.39, 0.29) is 5.69 Å². The molecule has 0 bridgehead atoms. The van der Waals surface area contributed by atoms with Crippen LogP contribution in [0.2, 0.25) is 0 Å². The lowest BCUT2D eigenvalue weighted by atomic mass is 10.1. The number of hydrogen-bond acceptors (Lipinski definition) is 3. The normalized spacial score (nSPS) is 10.3. The Kier molecular flexibility index (Phi) is 4.33. The van der Waals surface area contributed by atoms with Gasteiger partial charge in [-0.2, -0.15) is 0 Å². The number of hydrogen-bond donors (Lipinski definition) is 2. The maximum absolute atomic E-state index is 13.9. The van der Waals surface area contributed by atoms with Crippen molar-refractivity contribution < 1.29 is 13.6 Å². The second-order valence-corrected chi connectivity index (χ2v) is 4.84. The molecule has 5 nitrogen and oxygen atoms in total. The lowest BCUT2D eigenvalue weighted by molar-refractivity contribution is 0.251. The second-order valence-electron chi connectivity index (χ2n) is 4.84. The molecule has 0 aliphatic carbocycles. The molecular weight excluding hydrogens is 297 g/mol. The Bertz CT molecular complexity index is 789. The number of furan rings is 1. The number of nitrogens with zero attached hydrogens (tertiary/aromatic N) is 1. The first-order valence-corrected chi connectivity index (χ1v) is 6.99. The zero-order valence-electron chi connectivity index (χ0n) is 12.1. The Balaban J connectivity index is 1.67. The van der Waals surface area contributed by atoms with Gasteiger partial charge in [-0.25, -0.2) is 9.18 Å². The molecule has 0 saturated heterocycles. The first-order chi connectivity index (χ1) is 11.2. The molecule has 0 aliphatic rings. The number of urea groups is 1. The van der Waals surface area contributed by atoms with E-state index in [1.165, 1.54) is 18.4 Å². The number of rotatable bonds is 4. The highest BCUT2D eigenvalue weighted by Gasteiger charge is 2.10. The number of carbonyl (C=O) groups excluding carboxylic acids is 1. The first kappa shape index (κ1) is 14.8. The predicted octanol–water partition coefficient (Wildman–Crippen LogP) is 3.80. The SMILES string of the molecule is O=C(NCc1ccncc1)Nc1cc(-c2ccco2)ccc1F. The molecule has 0 aliphatic heterocycles. The first-order valence-electron chi connectivity index (χ1n) is 6.99. The van der Waals surface area contributed by atoms with E-state index < -0.39 is 11.8 Å². The van der Waals surface area contributed by atoms with Crippen LogP contribution in [0, 0.1) is 5.82 Å². The van der Waals surface area contributed by atoms with E-state index in [1.807, 2.05) is 0 Å². The van der Waals surface area contributed by atoms with Crippen LogP contribution in [0.25, 0.3) is 11.3 Å². The molecule has 23 heavy (non-hydrogen) atoms. The molecule has 1 aromatic carbocycles. The van der Waals surface area contributed by atoms with E-state index in [9.17, 15) is 9.18 Å². The summed E-state index contributed by atoms with van der Waals surface area (Å²) < 4.78 is 19.1. The van der Waals surface area contributed by atoms with Gasteiger partial charge in [0.1, 0.15) is 11.6 Å². The van der Waals surface area contributed by atoms with E-state index >= 15 is 0 Å². The summed E-state index contributed by atoms with van der Waals surface area (Å²) in [5, 5.41) is 5.16. The number of pyridine rings is 1. The monoisotopic (exact) mass is 311 g/mol. The van der Waals surface area contributed by atoms with Crippen LogP contribution in [0.5, 0.6) is 0 Å². The third-order valence-electron chi connectivity index (χ3n) is 3.22. The van der Waals surface area contributed by atoms with Crippen LogP contribution in [0.1, 0.15) is 5.56 Å². The summed E-state index contributed by atoms with van der Waals surface area (Å²) in [4.78, 5) is 15.8. The molecule has 3 rings (SSSR count). The van der Waals surface area contributed by atoms with Crippen LogP contribution in [-0.4, -0.2) is 11.0 Å². The Morgan fingerprint density at radius 1 is 1.17 bits per heavy atom. The summed E-state index contributed by atoms with van der Waals surface area (Å²) in [5.74, 6) is 0.0876. The molecule has 6 heteroatoms. The lowest BCUT2D eigenvalue weighted by Crippen LogP contribution is -2.28. The molecule has 0 atom stereocenters. The van der Waals surface area contributed by atoms with Crippen molar-refractivity contribution in [3.8, 4) is 11.3 Å². The number of benzene rings is 1. The second kappa shape index (κ2) is 6.74. The van der Waals surface area contributed by atoms with Crippen LogP contribution in [0.15, 0.2) is 65.5 Å². The van der Waals surface area contributed by atoms with Gasteiger partial charge in [0, 0.05) is 24.5 Å². The number of carbonyl (C=O) groups is 1. The Labute approximate surface area is 132 Å². The van der Waals surface area contributed by atoms with Crippen LogP contribution in [0.3, 0.4) is 0 Å². The highest BCUT2D eigenvalue weighted by molar-refractivity contribution is 5.90. The number of anilines is 1. The largest absolute Gasteiger partial charge is 0.464 e. The average Bonchev–Trinajstić information content (AvgIpc) is 3.10. The number of halogens is 1. The van der Waals surface area contributed by atoms with Gasteiger partial charge in [0.05, 0.1) is 12.0 Å². The van der Waals surface area contributed by atoms with Crippen molar-refractivity contribution in [1.29, 1.82) is 0 Å². The minimum Gasteiger partial charge on any atom is -0.464 e. The maximum Gasteiger partial charge on any atom is 0.319 e. The van der Waals surface area contributed by atoms with Crippen molar-refractivity contribution in [3.05, 3.63) is 72.5 Å². The van der Waals surface area contributed by atoms with Gasteiger partial charge in [-0.1, -0.05) is 0 Å². The Morgan fingerprint density at radius 3 is 2.74 bits per heavy atom. The van der Waals surface area contributed by atoms with Crippen molar-refractivity contribution in [2.75, 3.05) is 5.32 Å². The zero-order chi connectivity index (χ0) is 16.1. The van der Waals surface area contributed by atoms with Gasteiger partial charge in [0.15, 0.2) is 0 Å². The van der Waals surface area contributed by atoms with Gasteiger partial charge >= 0.3 is 6.03 Å².